The minimum Gasteiger partial charge on any atom is -0.373 e. The lowest BCUT2D eigenvalue weighted by Gasteiger charge is -2.01. The Balaban J connectivity index is 2.47. The number of hydrogen-bond donors (Lipinski definition) is 1. The van der Waals surface area contributed by atoms with Crippen molar-refractivity contribution in [3.05, 3.63) is 34.7 Å². The van der Waals surface area contributed by atoms with Crippen LogP contribution in [0.2, 0.25) is 5.02 Å². The molecular formula is C10H9ClN2S. The molecule has 0 aromatic carbocycles. The van der Waals surface area contributed by atoms with E-state index < -0.39 is 0 Å². The normalized spacial score (nSPS) is 10.1. The highest BCUT2D eigenvalue weighted by Gasteiger charge is 2.06. The Morgan fingerprint density at radius 1 is 1.36 bits per heavy atom. The molecule has 0 aliphatic carbocycles. The van der Waals surface area contributed by atoms with Gasteiger partial charge in [0.25, 0.3) is 0 Å². The van der Waals surface area contributed by atoms with Crippen molar-refractivity contribution in [1.82, 2.24) is 4.98 Å². The molecule has 0 aliphatic heterocycles. The number of hydrogen-bond acceptors (Lipinski definition) is 3. The average molecular weight is 225 g/mol. The van der Waals surface area contributed by atoms with Gasteiger partial charge >= 0.3 is 0 Å². The van der Waals surface area contributed by atoms with Crippen molar-refractivity contribution in [1.29, 1.82) is 0 Å². The smallest absolute Gasteiger partial charge is 0.126 e. The van der Waals surface area contributed by atoms with Crippen LogP contribution < -0.4 is 5.32 Å². The summed E-state index contributed by atoms with van der Waals surface area (Å²) >= 11 is 7.62. The Hall–Kier alpha value is -1.06. The lowest BCUT2D eigenvalue weighted by atomic mass is 10.3. The van der Waals surface area contributed by atoms with Gasteiger partial charge in [0.05, 0.1) is 15.6 Å². The molecule has 72 valence electrons. The van der Waals surface area contributed by atoms with E-state index in [4.69, 9.17) is 11.6 Å². The summed E-state index contributed by atoms with van der Waals surface area (Å²) in [6.45, 7) is 0. The highest BCUT2D eigenvalue weighted by atomic mass is 35.5. The molecule has 14 heavy (non-hydrogen) atoms. The SMILES string of the molecule is CNc1cccc(-c2sccc2Cl)n1. The molecule has 0 aliphatic rings. The molecule has 0 unspecified atom stereocenters. The van der Waals surface area contributed by atoms with Gasteiger partial charge in [-0.05, 0) is 23.6 Å². The second-order valence-corrected chi connectivity index (χ2v) is 4.08. The number of aromatic nitrogens is 1. The van der Waals surface area contributed by atoms with Crippen LogP contribution in [0.25, 0.3) is 10.6 Å². The quantitative estimate of drug-likeness (QED) is 0.845. The van der Waals surface area contributed by atoms with Gasteiger partial charge in [-0.25, -0.2) is 4.98 Å². The number of halogens is 1. The highest BCUT2D eigenvalue weighted by Crippen LogP contribution is 2.32. The molecule has 2 aromatic heterocycles. The van der Waals surface area contributed by atoms with Gasteiger partial charge in [0.2, 0.25) is 0 Å². The van der Waals surface area contributed by atoms with Crippen LogP contribution in [0.1, 0.15) is 0 Å². The number of nitrogens with one attached hydrogen (secondary N) is 1. The van der Waals surface area contributed by atoms with E-state index in [0.29, 0.717) is 0 Å². The van der Waals surface area contributed by atoms with Crippen molar-refractivity contribution < 1.29 is 0 Å². The molecule has 4 heteroatoms. The fourth-order valence-corrected chi connectivity index (χ4v) is 2.30. The van der Waals surface area contributed by atoms with Gasteiger partial charge in [-0.3, -0.25) is 0 Å². The van der Waals surface area contributed by atoms with E-state index in [1.54, 1.807) is 11.3 Å². The second kappa shape index (κ2) is 3.98. The van der Waals surface area contributed by atoms with Crippen LogP contribution in [0.4, 0.5) is 5.82 Å². The van der Waals surface area contributed by atoms with Gasteiger partial charge < -0.3 is 5.32 Å². The summed E-state index contributed by atoms with van der Waals surface area (Å²) < 4.78 is 0. The summed E-state index contributed by atoms with van der Waals surface area (Å²) in [5.41, 5.74) is 0.914. The van der Waals surface area contributed by atoms with Crippen LogP contribution in [0.5, 0.6) is 0 Å². The van der Waals surface area contributed by atoms with E-state index in [9.17, 15) is 0 Å². The third-order valence-corrected chi connectivity index (χ3v) is 3.22. The van der Waals surface area contributed by atoms with Crippen LogP contribution in [0, 0.1) is 0 Å². The van der Waals surface area contributed by atoms with Crippen LogP contribution in [0.3, 0.4) is 0 Å². The van der Waals surface area contributed by atoms with Crippen molar-refractivity contribution in [3.63, 3.8) is 0 Å². The minimum absolute atomic E-state index is 0.760. The predicted molar refractivity (Wildman–Crippen MR) is 62.1 cm³/mol. The zero-order valence-electron chi connectivity index (χ0n) is 7.62. The molecule has 2 rings (SSSR count). The molecule has 0 amide bonds. The predicted octanol–water partition coefficient (Wildman–Crippen LogP) is 3.51. The summed E-state index contributed by atoms with van der Waals surface area (Å²) in [6, 6.07) is 7.73. The summed E-state index contributed by atoms with van der Waals surface area (Å²) in [5, 5.41) is 5.72. The Labute approximate surface area is 91.6 Å². The van der Waals surface area contributed by atoms with Crippen LogP contribution in [-0.4, -0.2) is 12.0 Å². The lowest BCUT2D eigenvalue weighted by molar-refractivity contribution is 1.30. The average Bonchev–Trinajstić information content (AvgIpc) is 2.65. The van der Waals surface area contributed by atoms with E-state index in [1.807, 2.05) is 36.7 Å². The molecule has 0 saturated heterocycles. The van der Waals surface area contributed by atoms with Crippen molar-refractivity contribution in [2.24, 2.45) is 0 Å². The Kier molecular flexibility index (Phi) is 2.70. The maximum absolute atomic E-state index is 6.02. The first-order chi connectivity index (χ1) is 6.81. The monoisotopic (exact) mass is 224 g/mol. The minimum atomic E-state index is 0.760. The molecular weight excluding hydrogens is 216 g/mol. The Morgan fingerprint density at radius 2 is 2.21 bits per heavy atom. The highest BCUT2D eigenvalue weighted by molar-refractivity contribution is 7.14. The summed E-state index contributed by atoms with van der Waals surface area (Å²) in [7, 11) is 1.85. The Bertz CT molecular complexity index is 439. The van der Waals surface area contributed by atoms with Gasteiger partial charge in [0.15, 0.2) is 0 Å². The molecule has 0 radical (unpaired) electrons. The fraction of sp³-hybridized carbons (Fsp3) is 0.100. The molecule has 0 atom stereocenters. The largest absolute Gasteiger partial charge is 0.373 e. The van der Waals surface area contributed by atoms with Crippen molar-refractivity contribution in [2.75, 3.05) is 12.4 Å². The molecule has 0 bridgehead atoms. The van der Waals surface area contributed by atoms with Crippen LogP contribution in [-0.2, 0) is 0 Å². The van der Waals surface area contributed by atoms with E-state index in [-0.39, 0.29) is 0 Å². The van der Waals surface area contributed by atoms with E-state index in [1.165, 1.54) is 0 Å². The molecule has 0 spiro atoms. The maximum atomic E-state index is 6.02. The van der Waals surface area contributed by atoms with Crippen LogP contribution >= 0.6 is 22.9 Å². The van der Waals surface area contributed by atoms with Gasteiger partial charge in [0, 0.05) is 7.05 Å². The van der Waals surface area contributed by atoms with Crippen molar-refractivity contribution >= 4 is 28.8 Å². The van der Waals surface area contributed by atoms with Crippen molar-refractivity contribution in [2.45, 2.75) is 0 Å². The molecule has 1 N–H and O–H groups in total. The molecule has 0 fully saturated rings. The summed E-state index contributed by atoms with van der Waals surface area (Å²) in [6.07, 6.45) is 0. The zero-order chi connectivity index (χ0) is 9.97. The number of rotatable bonds is 2. The Morgan fingerprint density at radius 3 is 2.86 bits per heavy atom. The standard InChI is InChI=1S/C10H9ClN2S/c1-12-9-4-2-3-8(13-9)10-7(11)5-6-14-10/h2-6H,1H3,(H,12,13). The van der Waals surface area contributed by atoms with Gasteiger partial charge in [-0.1, -0.05) is 17.7 Å². The van der Waals surface area contributed by atoms with Gasteiger partial charge in [-0.15, -0.1) is 11.3 Å². The zero-order valence-corrected chi connectivity index (χ0v) is 9.19. The number of pyridine rings is 1. The fourth-order valence-electron chi connectivity index (χ4n) is 1.18. The van der Waals surface area contributed by atoms with Gasteiger partial charge in [-0.2, -0.15) is 0 Å². The summed E-state index contributed by atoms with van der Waals surface area (Å²) in [5.74, 6) is 0.854. The first-order valence-electron chi connectivity index (χ1n) is 4.19. The maximum Gasteiger partial charge on any atom is 0.126 e. The first kappa shape index (κ1) is 9.49. The molecule has 0 saturated carbocycles. The van der Waals surface area contributed by atoms with E-state index in [0.717, 1.165) is 21.4 Å². The lowest BCUT2D eigenvalue weighted by Crippen LogP contribution is -1.92. The second-order valence-electron chi connectivity index (χ2n) is 2.76. The third-order valence-electron chi connectivity index (χ3n) is 1.86. The van der Waals surface area contributed by atoms with Crippen molar-refractivity contribution in [3.8, 4) is 10.6 Å². The van der Waals surface area contributed by atoms with E-state index in [2.05, 4.69) is 10.3 Å². The van der Waals surface area contributed by atoms with Crippen LogP contribution in [0.15, 0.2) is 29.6 Å². The first-order valence-corrected chi connectivity index (χ1v) is 5.45. The summed E-state index contributed by atoms with van der Waals surface area (Å²) in [4.78, 5) is 5.43. The topological polar surface area (TPSA) is 24.9 Å². The van der Waals surface area contributed by atoms with Gasteiger partial charge in [0.1, 0.15) is 5.82 Å². The number of nitrogens with zero attached hydrogens (tertiary/aromatic N) is 1. The number of anilines is 1. The molecule has 2 aromatic rings. The third kappa shape index (κ3) is 1.74. The molecule has 2 heterocycles. The number of thiophene rings is 1. The van der Waals surface area contributed by atoms with E-state index >= 15 is 0 Å². The molecule has 2 nitrogen and oxygen atoms in total.